The Morgan fingerprint density at radius 1 is 0.909 bits per heavy atom. The van der Waals surface area contributed by atoms with Crippen LogP contribution in [0.2, 0.25) is 0 Å². The van der Waals surface area contributed by atoms with Gasteiger partial charge in [-0.1, -0.05) is 12.1 Å². The molecule has 0 aliphatic heterocycles. The van der Waals surface area contributed by atoms with Gasteiger partial charge in [-0.25, -0.2) is 8.42 Å². The zero-order valence-electron chi connectivity index (χ0n) is 19.1. The summed E-state index contributed by atoms with van der Waals surface area (Å²) < 4.78 is 37.7. The second-order valence-electron chi connectivity index (χ2n) is 7.69. The van der Waals surface area contributed by atoms with E-state index in [9.17, 15) is 13.2 Å². The van der Waals surface area contributed by atoms with Gasteiger partial charge in [0.1, 0.15) is 11.5 Å². The molecule has 0 heterocycles. The van der Waals surface area contributed by atoms with Crippen molar-refractivity contribution in [3.05, 3.63) is 83.9 Å². The summed E-state index contributed by atoms with van der Waals surface area (Å²) in [5.41, 5.74) is 1.83. The molecule has 0 fully saturated rings. The first-order valence-corrected chi connectivity index (χ1v) is 11.9. The summed E-state index contributed by atoms with van der Waals surface area (Å²) in [4.78, 5) is 12.7. The minimum atomic E-state index is -3.74. The first kappa shape index (κ1) is 24.1. The molecular weight excluding hydrogens is 440 g/mol. The van der Waals surface area contributed by atoms with E-state index in [-0.39, 0.29) is 16.9 Å². The number of nitrogens with zero attached hydrogens (tertiary/aromatic N) is 1. The van der Waals surface area contributed by atoms with Gasteiger partial charge in [-0.3, -0.25) is 9.10 Å². The SMILES string of the molecule is COc1ccc(S(=O)(=O)N(C)c2ccc(C(=O)NCc3ccc(OC(C)C)cc3)cc2)cc1. The van der Waals surface area contributed by atoms with Crippen molar-refractivity contribution < 1.29 is 22.7 Å². The van der Waals surface area contributed by atoms with Crippen molar-refractivity contribution in [3.63, 3.8) is 0 Å². The lowest BCUT2D eigenvalue weighted by molar-refractivity contribution is 0.0951. The van der Waals surface area contributed by atoms with Crippen molar-refractivity contribution in [2.45, 2.75) is 31.4 Å². The zero-order chi connectivity index (χ0) is 24.0. The Kier molecular flexibility index (Phi) is 7.60. The van der Waals surface area contributed by atoms with Crippen LogP contribution in [0.25, 0.3) is 0 Å². The minimum Gasteiger partial charge on any atom is -0.497 e. The Labute approximate surface area is 195 Å². The molecule has 3 aromatic carbocycles. The Morgan fingerprint density at radius 3 is 2.03 bits per heavy atom. The molecule has 0 atom stereocenters. The summed E-state index contributed by atoms with van der Waals surface area (Å²) >= 11 is 0. The molecule has 0 radical (unpaired) electrons. The second-order valence-corrected chi connectivity index (χ2v) is 9.66. The summed E-state index contributed by atoms with van der Waals surface area (Å²) in [6.07, 6.45) is 0.101. The van der Waals surface area contributed by atoms with Crippen molar-refractivity contribution in [3.8, 4) is 11.5 Å². The van der Waals surface area contributed by atoms with Crippen molar-refractivity contribution in [1.82, 2.24) is 5.32 Å². The number of anilines is 1. The smallest absolute Gasteiger partial charge is 0.264 e. The average molecular weight is 469 g/mol. The van der Waals surface area contributed by atoms with E-state index in [4.69, 9.17) is 9.47 Å². The van der Waals surface area contributed by atoms with Gasteiger partial charge in [-0.15, -0.1) is 0 Å². The highest BCUT2D eigenvalue weighted by atomic mass is 32.2. The quantitative estimate of drug-likeness (QED) is 0.508. The number of benzene rings is 3. The summed E-state index contributed by atoms with van der Waals surface area (Å²) in [6, 6.07) is 20.1. The maximum atomic E-state index is 12.9. The van der Waals surface area contributed by atoms with E-state index in [0.29, 0.717) is 23.5 Å². The van der Waals surface area contributed by atoms with Crippen LogP contribution in [0.4, 0.5) is 5.69 Å². The fourth-order valence-corrected chi connectivity index (χ4v) is 4.31. The van der Waals surface area contributed by atoms with Crippen molar-refractivity contribution >= 4 is 21.6 Å². The van der Waals surface area contributed by atoms with E-state index >= 15 is 0 Å². The molecule has 1 N–H and O–H groups in total. The van der Waals surface area contributed by atoms with Crippen LogP contribution in [0.3, 0.4) is 0 Å². The number of amides is 1. The molecule has 33 heavy (non-hydrogen) atoms. The molecule has 0 aromatic heterocycles. The highest BCUT2D eigenvalue weighted by molar-refractivity contribution is 7.92. The second kappa shape index (κ2) is 10.4. The molecule has 0 unspecified atom stereocenters. The van der Waals surface area contributed by atoms with Crippen LogP contribution in [0.15, 0.2) is 77.7 Å². The van der Waals surface area contributed by atoms with E-state index in [1.807, 2.05) is 38.1 Å². The maximum Gasteiger partial charge on any atom is 0.264 e. The number of rotatable bonds is 9. The number of carbonyl (C=O) groups is 1. The van der Waals surface area contributed by atoms with Crippen LogP contribution < -0.4 is 19.1 Å². The topological polar surface area (TPSA) is 84.9 Å². The predicted octanol–water partition coefficient (Wildman–Crippen LogP) is 4.24. The van der Waals surface area contributed by atoms with Crippen LogP contribution in [-0.2, 0) is 16.6 Å². The van der Waals surface area contributed by atoms with E-state index in [2.05, 4.69) is 5.32 Å². The molecule has 174 valence electrons. The standard InChI is InChI=1S/C25H28N2O5S/c1-18(2)32-23-11-5-19(6-12-23)17-26-25(28)20-7-9-21(10-8-20)27(3)33(29,30)24-15-13-22(31-4)14-16-24/h5-16,18H,17H2,1-4H3,(H,26,28). The number of ether oxygens (including phenoxy) is 2. The molecule has 0 aliphatic rings. The van der Waals surface area contributed by atoms with Gasteiger partial charge in [0.25, 0.3) is 15.9 Å². The van der Waals surface area contributed by atoms with E-state index in [1.165, 1.54) is 30.6 Å². The molecule has 0 saturated heterocycles. The molecule has 3 aromatic rings. The molecule has 0 bridgehead atoms. The lowest BCUT2D eigenvalue weighted by Gasteiger charge is -2.20. The maximum absolute atomic E-state index is 12.9. The number of carbonyl (C=O) groups excluding carboxylic acids is 1. The molecule has 7 nitrogen and oxygen atoms in total. The van der Waals surface area contributed by atoms with Gasteiger partial charge in [-0.05, 0) is 80.1 Å². The van der Waals surface area contributed by atoms with Gasteiger partial charge in [0.05, 0.1) is 23.8 Å². The lowest BCUT2D eigenvalue weighted by Crippen LogP contribution is -2.27. The highest BCUT2D eigenvalue weighted by Crippen LogP contribution is 2.24. The largest absolute Gasteiger partial charge is 0.497 e. The van der Waals surface area contributed by atoms with Crippen molar-refractivity contribution in [2.75, 3.05) is 18.5 Å². The third-order valence-electron chi connectivity index (χ3n) is 4.96. The van der Waals surface area contributed by atoms with Crippen LogP contribution in [0, 0.1) is 0 Å². The fraction of sp³-hybridized carbons (Fsp3) is 0.240. The van der Waals surface area contributed by atoms with E-state index in [0.717, 1.165) is 11.3 Å². The van der Waals surface area contributed by atoms with Crippen molar-refractivity contribution in [2.24, 2.45) is 0 Å². The molecular formula is C25H28N2O5S. The average Bonchev–Trinajstić information content (AvgIpc) is 2.82. The normalized spacial score (nSPS) is 11.2. The predicted molar refractivity (Wildman–Crippen MR) is 128 cm³/mol. The van der Waals surface area contributed by atoms with Crippen LogP contribution in [0.1, 0.15) is 29.8 Å². The van der Waals surface area contributed by atoms with Crippen LogP contribution >= 0.6 is 0 Å². The number of hydrogen-bond acceptors (Lipinski definition) is 5. The third-order valence-corrected chi connectivity index (χ3v) is 6.76. The Hall–Kier alpha value is -3.52. The number of sulfonamides is 1. The molecule has 3 rings (SSSR count). The Bertz CT molecular complexity index is 1170. The number of nitrogens with one attached hydrogen (secondary N) is 1. The summed E-state index contributed by atoms with van der Waals surface area (Å²) in [5, 5.41) is 2.87. The Morgan fingerprint density at radius 2 is 1.48 bits per heavy atom. The summed E-state index contributed by atoms with van der Waals surface area (Å²) in [5.74, 6) is 1.11. The first-order valence-electron chi connectivity index (χ1n) is 10.5. The van der Waals surface area contributed by atoms with Gasteiger partial charge in [-0.2, -0.15) is 0 Å². The molecule has 1 amide bonds. The highest BCUT2D eigenvalue weighted by Gasteiger charge is 2.21. The van der Waals surface area contributed by atoms with Crippen LogP contribution in [-0.4, -0.2) is 34.6 Å². The third kappa shape index (κ3) is 6.04. The molecule has 8 heteroatoms. The minimum absolute atomic E-state index is 0.101. The lowest BCUT2D eigenvalue weighted by atomic mass is 10.1. The molecule has 0 spiro atoms. The fourth-order valence-electron chi connectivity index (χ4n) is 3.11. The Balaban J connectivity index is 1.63. The number of hydrogen-bond donors (Lipinski definition) is 1. The van der Waals surface area contributed by atoms with Gasteiger partial charge >= 0.3 is 0 Å². The summed E-state index contributed by atoms with van der Waals surface area (Å²) in [6.45, 7) is 4.30. The molecule has 0 saturated carbocycles. The zero-order valence-corrected chi connectivity index (χ0v) is 19.9. The van der Waals surface area contributed by atoms with E-state index < -0.39 is 10.0 Å². The van der Waals surface area contributed by atoms with Gasteiger partial charge in [0.2, 0.25) is 0 Å². The molecule has 0 aliphatic carbocycles. The van der Waals surface area contributed by atoms with E-state index in [1.54, 1.807) is 36.4 Å². The first-order chi connectivity index (χ1) is 15.7. The van der Waals surface area contributed by atoms with Crippen LogP contribution in [0.5, 0.6) is 11.5 Å². The number of methoxy groups -OCH3 is 1. The van der Waals surface area contributed by atoms with Crippen molar-refractivity contribution in [1.29, 1.82) is 0 Å². The van der Waals surface area contributed by atoms with Gasteiger partial charge in [0, 0.05) is 19.2 Å². The summed E-state index contributed by atoms with van der Waals surface area (Å²) in [7, 11) is -0.747. The monoisotopic (exact) mass is 468 g/mol. The van der Waals surface area contributed by atoms with Gasteiger partial charge in [0.15, 0.2) is 0 Å². The van der Waals surface area contributed by atoms with Gasteiger partial charge < -0.3 is 14.8 Å².